The molecule has 0 aliphatic rings. The van der Waals surface area contributed by atoms with E-state index in [-0.39, 0.29) is 34.5 Å². The summed E-state index contributed by atoms with van der Waals surface area (Å²) in [6, 6.07) is 5.95. The maximum absolute atomic E-state index is 10.5. The minimum absolute atomic E-state index is 0. The molecule has 12 heavy (non-hydrogen) atoms. The molecule has 0 radical (unpaired) electrons. The fraction of sp³-hybridized carbons (Fsp3) is 0. The normalized spacial score (nSPS) is 10.5. The Hall–Kier alpha value is 0.860. The Balaban J connectivity index is 0.00000121. The first-order chi connectivity index (χ1) is 5.00. The van der Waals surface area contributed by atoms with E-state index in [0.717, 1.165) is 3.57 Å². The first kappa shape index (κ1) is 12.9. The van der Waals surface area contributed by atoms with Crippen molar-refractivity contribution in [1.29, 1.82) is 0 Å². The summed E-state index contributed by atoms with van der Waals surface area (Å²) in [6.45, 7) is 0. The molecule has 0 unspecified atom stereocenters. The molecule has 1 aromatic rings. The molecule has 0 spiro atoms. The Morgan fingerprint density at radius 3 is 1.92 bits per heavy atom. The van der Waals surface area contributed by atoms with Crippen molar-refractivity contribution in [2.24, 2.45) is 0 Å². The third kappa shape index (κ3) is 3.71. The summed E-state index contributed by atoms with van der Waals surface area (Å²) in [4.78, 5) is -0.0714. The Morgan fingerprint density at radius 2 is 1.58 bits per heavy atom. The molecule has 62 valence electrons. The number of hydrogen-bond donors (Lipinski definition) is 1. The topological polar surface area (TPSA) is 54.4 Å². The number of rotatable bonds is 1. The summed E-state index contributed by atoms with van der Waals surface area (Å²) in [6.07, 6.45) is 0. The minimum atomic E-state index is -4.02. The van der Waals surface area contributed by atoms with Crippen molar-refractivity contribution < 1.29 is 13.0 Å². The van der Waals surface area contributed by atoms with Gasteiger partial charge in [0.1, 0.15) is 0 Å². The van der Waals surface area contributed by atoms with Crippen LogP contribution in [0.1, 0.15) is 0 Å². The van der Waals surface area contributed by atoms with E-state index < -0.39 is 10.1 Å². The van der Waals surface area contributed by atoms with Crippen molar-refractivity contribution in [1.82, 2.24) is 0 Å². The van der Waals surface area contributed by atoms with Gasteiger partial charge in [-0.3, -0.25) is 4.55 Å². The van der Waals surface area contributed by atoms with Gasteiger partial charge in [-0.25, -0.2) is 0 Å². The van der Waals surface area contributed by atoms with Crippen molar-refractivity contribution in [3.05, 3.63) is 27.8 Å². The van der Waals surface area contributed by atoms with Gasteiger partial charge >= 0.3 is 29.6 Å². The predicted octanol–water partition coefficient (Wildman–Crippen LogP) is 0.889. The van der Waals surface area contributed by atoms with Crippen LogP contribution in [0.5, 0.6) is 0 Å². The van der Waals surface area contributed by atoms with Gasteiger partial charge in [-0.2, -0.15) is 8.42 Å². The molecule has 3 nitrogen and oxygen atoms in total. The molecule has 0 saturated heterocycles. The van der Waals surface area contributed by atoms with Crippen LogP contribution < -0.4 is 0 Å². The molecule has 0 aliphatic heterocycles. The molecule has 0 aromatic heterocycles. The van der Waals surface area contributed by atoms with E-state index in [1.54, 1.807) is 12.1 Å². The number of hydrogen-bond acceptors (Lipinski definition) is 2. The Morgan fingerprint density at radius 1 is 1.17 bits per heavy atom. The standard InChI is InChI=1S/C6H5IO3S.Na.H/c7-5-1-3-6(4-2-5)11(8,9)10;;/h1-4H,(H,8,9,10);;. The van der Waals surface area contributed by atoms with Crippen molar-refractivity contribution in [2.45, 2.75) is 4.90 Å². The van der Waals surface area contributed by atoms with Gasteiger partial charge in [0.25, 0.3) is 10.1 Å². The molecular formula is C6H6INaO3S. The van der Waals surface area contributed by atoms with E-state index in [4.69, 9.17) is 4.55 Å². The Kier molecular flexibility index (Phi) is 5.27. The van der Waals surface area contributed by atoms with Gasteiger partial charge in [-0.1, -0.05) is 0 Å². The third-order valence-electron chi connectivity index (χ3n) is 1.11. The van der Waals surface area contributed by atoms with Crippen LogP contribution in [0.3, 0.4) is 0 Å². The average molecular weight is 308 g/mol. The molecule has 0 heterocycles. The van der Waals surface area contributed by atoms with Crippen molar-refractivity contribution in [2.75, 3.05) is 0 Å². The Bertz CT molecular complexity index is 346. The van der Waals surface area contributed by atoms with Crippen LogP contribution in [0.15, 0.2) is 29.2 Å². The molecule has 1 N–H and O–H groups in total. The van der Waals surface area contributed by atoms with E-state index in [1.165, 1.54) is 12.1 Å². The molecule has 0 fully saturated rings. The van der Waals surface area contributed by atoms with Crippen LogP contribution in [0.2, 0.25) is 0 Å². The third-order valence-corrected chi connectivity index (χ3v) is 2.70. The molecule has 1 aromatic carbocycles. The second-order valence-electron chi connectivity index (χ2n) is 1.93. The molecule has 6 heteroatoms. The molecule has 1 rings (SSSR count). The zero-order chi connectivity index (χ0) is 8.48. The van der Waals surface area contributed by atoms with E-state index in [1.807, 2.05) is 22.6 Å². The summed E-state index contributed by atoms with van der Waals surface area (Å²) in [5.41, 5.74) is 0. The van der Waals surface area contributed by atoms with Crippen LogP contribution >= 0.6 is 22.6 Å². The number of halogens is 1. The van der Waals surface area contributed by atoms with E-state index in [9.17, 15) is 8.42 Å². The van der Waals surface area contributed by atoms with E-state index >= 15 is 0 Å². The average Bonchev–Trinajstić information content (AvgIpc) is 1.86. The maximum atomic E-state index is 10.5. The van der Waals surface area contributed by atoms with Gasteiger partial charge < -0.3 is 0 Å². The van der Waals surface area contributed by atoms with Crippen LogP contribution in [0.25, 0.3) is 0 Å². The van der Waals surface area contributed by atoms with E-state index in [2.05, 4.69) is 0 Å². The summed E-state index contributed by atoms with van der Waals surface area (Å²) in [5.74, 6) is 0. The van der Waals surface area contributed by atoms with Gasteiger partial charge in [0, 0.05) is 3.57 Å². The van der Waals surface area contributed by atoms with Crippen molar-refractivity contribution in [3.8, 4) is 0 Å². The van der Waals surface area contributed by atoms with Crippen molar-refractivity contribution in [3.63, 3.8) is 0 Å². The monoisotopic (exact) mass is 308 g/mol. The molecular weight excluding hydrogens is 302 g/mol. The zero-order valence-electron chi connectivity index (χ0n) is 5.36. The van der Waals surface area contributed by atoms with Gasteiger partial charge in [-0.05, 0) is 46.9 Å². The van der Waals surface area contributed by atoms with Gasteiger partial charge in [0.05, 0.1) is 4.90 Å². The SMILES string of the molecule is O=S(=O)(O)c1ccc(I)cc1.[NaH]. The summed E-state index contributed by atoms with van der Waals surface area (Å²) >= 11 is 2.05. The van der Waals surface area contributed by atoms with Crippen LogP contribution in [-0.2, 0) is 10.1 Å². The molecule has 0 bridgehead atoms. The first-order valence-electron chi connectivity index (χ1n) is 2.73. The summed E-state index contributed by atoms with van der Waals surface area (Å²) in [7, 11) is -4.02. The first-order valence-corrected chi connectivity index (χ1v) is 5.25. The predicted molar refractivity (Wildman–Crippen MR) is 56.1 cm³/mol. The van der Waals surface area contributed by atoms with Gasteiger partial charge in [0.15, 0.2) is 0 Å². The number of benzene rings is 1. The second kappa shape index (κ2) is 4.92. The quantitative estimate of drug-likeness (QED) is 0.476. The fourth-order valence-corrected chi connectivity index (χ4v) is 1.45. The zero-order valence-corrected chi connectivity index (χ0v) is 8.33. The van der Waals surface area contributed by atoms with Crippen LogP contribution in [-0.4, -0.2) is 42.5 Å². The Labute approximate surface area is 107 Å². The molecule has 0 aliphatic carbocycles. The second-order valence-corrected chi connectivity index (χ2v) is 4.60. The van der Waals surface area contributed by atoms with Crippen molar-refractivity contribution >= 4 is 62.3 Å². The van der Waals surface area contributed by atoms with E-state index in [0.29, 0.717) is 0 Å². The van der Waals surface area contributed by atoms with Crippen LogP contribution in [0.4, 0.5) is 0 Å². The molecule has 0 amide bonds. The summed E-state index contributed by atoms with van der Waals surface area (Å²) in [5, 5.41) is 0. The summed E-state index contributed by atoms with van der Waals surface area (Å²) < 4.78 is 30.5. The van der Waals surface area contributed by atoms with Gasteiger partial charge in [0.2, 0.25) is 0 Å². The van der Waals surface area contributed by atoms with Gasteiger partial charge in [-0.15, -0.1) is 0 Å². The molecule has 0 atom stereocenters. The fourth-order valence-electron chi connectivity index (χ4n) is 0.607. The molecule has 0 saturated carbocycles. The van der Waals surface area contributed by atoms with Crippen LogP contribution in [0, 0.1) is 3.57 Å².